The number of rotatable bonds is 5. The molecular formula is C10H12Cl2O. The van der Waals surface area contributed by atoms with Crippen LogP contribution in [-0.4, -0.2) is 17.9 Å². The predicted molar refractivity (Wildman–Crippen MR) is 56.5 cm³/mol. The molecule has 0 amide bonds. The molecule has 1 atom stereocenters. The van der Waals surface area contributed by atoms with E-state index >= 15 is 0 Å². The number of hydrogen-bond donors (Lipinski definition) is 0. The van der Waals surface area contributed by atoms with E-state index in [1.807, 2.05) is 30.3 Å². The summed E-state index contributed by atoms with van der Waals surface area (Å²) in [6, 6.07) is 9.98. The largest absolute Gasteiger partial charge is 0.375 e. The van der Waals surface area contributed by atoms with E-state index in [-0.39, 0.29) is 5.38 Å². The molecule has 1 aromatic carbocycles. The standard InChI is InChI=1S/C10H12Cl2O/c11-6-10(12)8-13-7-9-4-2-1-3-5-9/h1-5,10H,6-8H2. The monoisotopic (exact) mass is 218 g/mol. The number of halogens is 2. The van der Waals surface area contributed by atoms with Gasteiger partial charge in [-0.2, -0.15) is 0 Å². The third-order valence-electron chi connectivity index (χ3n) is 1.58. The second-order valence-corrected chi connectivity index (χ2v) is 3.68. The normalized spacial score (nSPS) is 12.8. The van der Waals surface area contributed by atoms with Gasteiger partial charge in [-0.1, -0.05) is 30.3 Å². The van der Waals surface area contributed by atoms with Crippen LogP contribution in [-0.2, 0) is 11.3 Å². The van der Waals surface area contributed by atoms with Crippen molar-refractivity contribution in [3.63, 3.8) is 0 Å². The van der Waals surface area contributed by atoms with Crippen LogP contribution in [0.2, 0.25) is 0 Å². The van der Waals surface area contributed by atoms with Gasteiger partial charge in [0.25, 0.3) is 0 Å². The Morgan fingerprint density at radius 2 is 1.92 bits per heavy atom. The molecule has 0 radical (unpaired) electrons. The van der Waals surface area contributed by atoms with Crippen LogP contribution in [0.15, 0.2) is 30.3 Å². The molecule has 1 unspecified atom stereocenters. The molecule has 0 saturated carbocycles. The Kier molecular flexibility index (Phi) is 5.21. The average Bonchev–Trinajstić information content (AvgIpc) is 2.19. The highest BCUT2D eigenvalue weighted by Gasteiger charge is 2.01. The minimum Gasteiger partial charge on any atom is -0.375 e. The lowest BCUT2D eigenvalue weighted by Crippen LogP contribution is -2.10. The lowest BCUT2D eigenvalue weighted by atomic mass is 10.2. The Morgan fingerprint density at radius 3 is 2.54 bits per heavy atom. The van der Waals surface area contributed by atoms with Gasteiger partial charge in [0.15, 0.2) is 0 Å². The molecule has 0 spiro atoms. The van der Waals surface area contributed by atoms with Gasteiger partial charge in [-0.3, -0.25) is 0 Å². The van der Waals surface area contributed by atoms with Crippen LogP contribution >= 0.6 is 23.2 Å². The zero-order chi connectivity index (χ0) is 9.52. The highest BCUT2D eigenvalue weighted by molar-refractivity contribution is 6.28. The van der Waals surface area contributed by atoms with Crippen molar-refractivity contribution >= 4 is 23.2 Å². The second-order valence-electron chi connectivity index (χ2n) is 2.75. The summed E-state index contributed by atoms with van der Waals surface area (Å²) in [5, 5.41) is -0.0922. The van der Waals surface area contributed by atoms with E-state index in [1.165, 1.54) is 0 Å². The molecule has 0 heterocycles. The van der Waals surface area contributed by atoms with Gasteiger partial charge in [0.1, 0.15) is 0 Å². The quantitative estimate of drug-likeness (QED) is 0.691. The van der Waals surface area contributed by atoms with Crippen molar-refractivity contribution < 1.29 is 4.74 Å². The highest BCUT2D eigenvalue weighted by Crippen LogP contribution is 2.04. The molecule has 0 aromatic heterocycles. The SMILES string of the molecule is ClCC(Cl)COCc1ccccc1. The van der Waals surface area contributed by atoms with Crippen molar-refractivity contribution in [2.75, 3.05) is 12.5 Å². The number of hydrogen-bond acceptors (Lipinski definition) is 1. The van der Waals surface area contributed by atoms with Crippen LogP contribution in [0.3, 0.4) is 0 Å². The Morgan fingerprint density at radius 1 is 1.23 bits per heavy atom. The van der Waals surface area contributed by atoms with Crippen molar-refractivity contribution in [1.82, 2.24) is 0 Å². The van der Waals surface area contributed by atoms with Crippen LogP contribution < -0.4 is 0 Å². The third kappa shape index (κ3) is 4.51. The fourth-order valence-corrected chi connectivity index (χ4v) is 1.10. The summed E-state index contributed by atoms with van der Waals surface area (Å²) in [6.45, 7) is 1.10. The molecule has 13 heavy (non-hydrogen) atoms. The molecule has 3 heteroatoms. The first-order valence-corrected chi connectivity index (χ1v) is 5.11. The lowest BCUT2D eigenvalue weighted by Gasteiger charge is -2.06. The summed E-state index contributed by atoms with van der Waals surface area (Å²) in [5.41, 5.74) is 1.15. The molecule has 0 aliphatic carbocycles. The van der Waals surface area contributed by atoms with Gasteiger partial charge in [0, 0.05) is 5.88 Å². The molecular weight excluding hydrogens is 207 g/mol. The number of ether oxygens (including phenoxy) is 1. The molecule has 0 aliphatic rings. The van der Waals surface area contributed by atoms with Crippen LogP contribution in [0.25, 0.3) is 0 Å². The van der Waals surface area contributed by atoms with E-state index in [0.29, 0.717) is 19.1 Å². The number of benzene rings is 1. The summed E-state index contributed by atoms with van der Waals surface area (Å²) < 4.78 is 5.36. The smallest absolute Gasteiger partial charge is 0.0717 e. The van der Waals surface area contributed by atoms with Gasteiger partial charge in [0.2, 0.25) is 0 Å². The molecule has 72 valence electrons. The van der Waals surface area contributed by atoms with Crippen molar-refractivity contribution in [1.29, 1.82) is 0 Å². The van der Waals surface area contributed by atoms with Gasteiger partial charge >= 0.3 is 0 Å². The maximum atomic E-state index is 5.77. The van der Waals surface area contributed by atoms with E-state index in [0.717, 1.165) is 5.56 Å². The molecule has 1 nitrogen and oxygen atoms in total. The van der Waals surface area contributed by atoms with E-state index in [4.69, 9.17) is 27.9 Å². The fourth-order valence-electron chi connectivity index (χ4n) is 0.923. The topological polar surface area (TPSA) is 9.23 Å². The van der Waals surface area contributed by atoms with Gasteiger partial charge in [-0.05, 0) is 5.56 Å². The maximum Gasteiger partial charge on any atom is 0.0717 e. The zero-order valence-corrected chi connectivity index (χ0v) is 8.76. The number of alkyl halides is 2. The van der Waals surface area contributed by atoms with Gasteiger partial charge in [0.05, 0.1) is 18.6 Å². The molecule has 1 rings (SSSR count). The van der Waals surface area contributed by atoms with Crippen LogP contribution in [0.5, 0.6) is 0 Å². The van der Waals surface area contributed by atoms with Crippen molar-refractivity contribution in [2.24, 2.45) is 0 Å². The summed E-state index contributed by atoms with van der Waals surface area (Å²) >= 11 is 11.3. The average molecular weight is 219 g/mol. The first kappa shape index (κ1) is 10.8. The Bertz CT molecular complexity index is 226. The molecule has 0 aliphatic heterocycles. The molecule has 1 aromatic rings. The fraction of sp³-hybridized carbons (Fsp3) is 0.400. The van der Waals surface area contributed by atoms with E-state index in [1.54, 1.807) is 0 Å². The van der Waals surface area contributed by atoms with Crippen molar-refractivity contribution in [2.45, 2.75) is 12.0 Å². The Labute approximate surface area is 88.6 Å². The summed E-state index contributed by atoms with van der Waals surface area (Å²) in [5.74, 6) is 0.427. The molecule has 0 N–H and O–H groups in total. The molecule has 0 saturated heterocycles. The van der Waals surface area contributed by atoms with Crippen LogP contribution in [0, 0.1) is 0 Å². The second kappa shape index (κ2) is 6.25. The molecule has 0 bridgehead atoms. The Balaban J connectivity index is 2.20. The van der Waals surface area contributed by atoms with Gasteiger partial charge < -0.3 is 4.74 Å². The predicted octanol–water partition coefficient (Wildman–Crippen LogP) is 3.05. The van der Waals surface area contributed by atoms with Crippen molar-refractivity contribution in [3.05, 3.63) is 35.9 Å². The summed E-state index contributed by atoms with van der Waals surface area (Å²) in [6.07, 6.45) is 0. The minimum atomic E-state index is -0.0922. The minimum absolute atomic E-state index is 0.0922. The van der Waals surface area contributed by atoms with Crippen LogP contribution in [0.1, 0.15) is 5.56 Å². The summed E-state index contributed by atoms with van der Waals surface area (Å²) in [4.78, 5) is 0. The van der Waals surface area contributed by atoms with E-state index in [2.05, 4.69) is 0 Å². The van der Waals surface area contributed by atoms with Gasteiger partial charge in [-0.15, -0.1) is 23.2 Å². The first-order valence-electron chi connectivity index (χ1n) is 4.14. The van der Waals surface area contributed by atoms with Crippen LogP contribution in [0.4, 0.5) is 0 Å². The lowest BCUT2D eigenvalue weighted by molar-refractivity contribution is 0.124. The summed E-state index contributed by atoms with van der Waals surface area (Å²) in [7, 11) is 0. The van der Waals surface area contributed by atoms with Gasteiger partial charge in [-0.25, -0.2) is 0 Å². The van der Waals surface area contributed by atoms with E-state index in [9.17, 15) is 0 Å². The maximum absolute atomic E-state index is 5.77. The van der Waals surface area contributed by atoms with Crippen molar-refractivity contribution in [3.8, 4) is 0 Å². The third-order valence-corrected chi connectivity index (χ3v) is 2.39. The van der Waals surface area contributed by atoms with E-state index < -0.39 is 0 Å². The highest BCUT2D eigenvalue weighted by atomic mass is 35.5. The zero-order valence-electron chi connectivity index (χ0n) is 7.25. The Hall–Kier alpha value is -0.240. The first-order chi connectivity index (χ1) is 6.33. The molecule has 0 fully saturated rings.